The van der Waals surface area contributed by atoms with Gasteiger partial charge in [0.25, 0.3) is 0 Å². The van der Waals surface area contributed by atoms with Crippen molar-refractivity contribution in [2.75, 3.05) is 0 Å². The lowest BCUT2D eigenvalue weighted by Crippen LogP contribution is -2.17. The highest BCUT2D eigenvalue weighted by molar-refractivity contribution is 5.91. The number of hydrogen-bond acceptors (Lipinski definition) is 4. The van der Waals surface area contributed by atoms with E-state index in [0.717, 1.165) is 28.6 Å². The fraction of sp³-hybridized carbons (Fsp3) is 0.286. The van der Waals surface area contributed by atoms with Crippen molar-refractivity contribution in [3.8, 4) is 22.8 Å². The lowest BCUT2D eigenvalue weighted by molar-refractivity contribution is 0.265. The molecule has 3 aromatic heterocycles. The Morgan fingerprint density at radius 2 is 2.11 bits per heavy atom. The predicted octanol–water partition coefficient (Wildman–Crippen LogP) is 4.24. The fourth-order valence-corrected chi connectivity index (χ4v) is 3.86. The molecule has 3 heterocycles. The Bertz CT molecular complexity index is 1170. The molecule has 1 aliphatic carbocycles. The molecule has 5 rings (SSSR count). The average Bonchev–Trinajstić information content (AvgIpc) is 3.18. The number of aromatic nitrogens is 5. The second kappa shape index (κ2) is 6.44. The summed E-state index contributed by atoms with van der Waals surface area (Å²) in [5.41, 5.74) is 2.55. The molecule has 1 fully saturated rings. The van der Waals surface area contributed by atoms with Crippen molar-refractivity contribution in [1.29, 1.82) is 0 Å². The molecule has 4 aromatic rings. The topological polar surface area (TPSA) is 68.8 Å². The van der Waals surface area contributed by atoms with Crippen LogP contribution in [0.2, 0.25) is 0 Å². The van der Waals surface area contributed by atoms with Gasteiger partial charge in [-0.2, -0.15) is 4.39 Å². The van der Waals surface area contributed by atoms with Crippen molar-refractivity contribution < 1.29 is 9.50 Å². The summed E-state index contributed by atoms with van der Waals surface area (Å²) in [6, 6.07) is 9.10. The molecule has 0 bridgehead atoms. The van der Waals surface area contributed by atoms with E-state index in [1.807, 2.05) is 35.9 Å². The molecule has 6 nitrogen and oxygen atoms in total. The van der Waals surface area contributed by atoms with E-state index in [-0.39, 0.29) is 5.69 Å². The zero-order valence-electron chi connectivity index (χ0n) is 15.5. The maximum absolute atomic E-state index is 14.0. The quantitative estimate of drug-likeness (QED) is 0.540. The van der Waals surface area contributed by atoms with Crippen LogP contribution >= 0.6 is 0 Å². The normalized spacial score (nSPS) is 14.5. The number of hydrogen-bond donors (Lipinski definition) is 1. The first kappa shape index (κ1) is 16.9. The smallest absolute Gasteiger partial charge is 0.238 e. The van der Waals surface area contributed by atoms with Gasteiger partial charge in [-0.3, -0.25) is 0 Å². The van der Waals surface area contributed by atoms with E-state index < -0.39 is 5.95 Å². The molecule has 1 aliphatic rings. The van der Waals surface area contributed by atoms with Gasteiger partial charge in [-0.05, 0) is 49.9 Å². The van der Waals surface area contributed by atoms with Crippen LogP contribution in [0.1, 0.15) is 25.0 Å². The number of benzene rings is 1. The summed E-state index contributed by atoms with van der Waals surface area (Å²) in [6.45, 7) is 2.70. The van der Waals surface area contributed by atoms with E-state index in [1.165, 1.54) is 30.1 Å². The number of aromatic hydroxyl groups is 1. The van der Waals surface area contributed by atoms with E-state index in [0.29, 0.717) is 17.5 Å². The van der Waals surface area contributed by atoms with Gasteiger partial charge in [-0.1, -0.05) is 17.7 Å². The number of nitrogens with zero attached hydrogens (tertiary/aromatic N) is 5. The van der Waals surface area contributed by atoms with Crippen LogP contribution in [0.5, 0.6) is 5.88 Å². The van der Waals surface area contributed by atoms with Gasteiger partial charge in [0.2, 0.25) is 5.95 Å². The van der Waals surface area contributed by atoms with Gasteiger partial charge in [0.15, 0.2) is 5.88 Å². The molecule has 0 amide bonds. The highest BCUT2D eigenvalue weighted by Gasteiger charge is 2.21. The maximum atomic E-state index is 14.0. The van der Waals surface area contributed by atoms with Crippen molar-refractivity contribution in [2.24, 2.45) is 5.92 Å². The largest absolute Gasteiger partial charge is 0.494 e. The molecule has 7 heteroatoms. The Morgan fingerprint density at radius 3 is 2.86 bits per heavy atom. The van der Waals surface area contributed by atoms with Crippen molar-refractivity contribution >= 4 is 10.8 Å². The third-order valence-electron chi connectivity index (χ3n) is 5.67. The molecule has 1 N–H and O–H groups in total. The SMILES string of the molecule is Cc1c(-c2ccc3c(O)n(CC4CCC4)cc3c2)nnn1-c1cccnc1F. The van der Waals surface area contributed by atoms with Crippen LogP contribution in [0.15, 0.2) is 42.7 Å². The lowest BCUT2D eigenvalue weighted by Gasteiger charge is -2.25. The van der Waals surface area contributed by atoms with E-state index in [9.17, 15) is 9.50 Å². The molecule has 142 valence electrons. The Morgan fingerprint density at radius 1 is 1.25 bits per heavy atom. The Balaban J connectivity index is 1.54. The average molecular weight is 377 g/mol. The summed E-state index contributed by atoms with van der Waals surface area (Å²) in [4.78, 5) is 3.68. The zero-order chi connectivity index (χ0) is 19.3. The molecular weight excluding hydrogens is 357 g/mol. The molecule has 0 spiro atoms. The Kier molecular flexibility index (Phi) is 3.89. The molecule has 0 atom stereocenters. The lowest BCUT2D eigenvalue weighted by atomic mass is 9.85. The summed E-state index contributed by atoms with van der Waals surface area (Å²) < 4.78 is 17.4. The van der Waals surface area contributed by atoms with Gasteiger partial charge in [-0.15, -0.1) is 5.10 Å². The molecule has 0 saturated heterocycles. The number of fused-ring (bicyclic) bond motifs is 1. The van der Waals surface area contributed by atoms with E-state index in [2.05, 4.69) is 15.3 Å². The van der Waals surface area contributed by atoms with Gasteiger partial charge < -0.3 is 9.67 Å². The van der Waals surface area contributed by atoms with E-state index in [4.69, 9.17) is 0 Å². The molecule has 0 radical (unpaired) electrons. The van der Waals surface area contributed by atoms with Crippen molar-refractivity contribution in [3.05, 3.63) is 54.4 Å². The summed E-state index contributed by atoms with van der Waals surface area (Å²) in [5, 5.41) is 20.7. The van der Waals surface area contributed by atoms with E-state index in [1.54, 1.807) is 12.1 Å². The maximum Gasteiger partial charge on any atom is 0.238 e. The Labute approximate surface area is 161 Å². The van der Waals surface area contributed by atoms with Crippen LogP contribution < -0.4 is 0 Å². The summed E-state index contributed by atoms with van der Waals surface area (Å²) in [7, 11) is 0. The number of halogens is 1. The molecule has 0 unspecified atom stereocenters. The standard InChI is InChI=1S/C21H20FN5O/c1-13-19(24-25-27(13)18-6-3-9-23-20(18)22)15-7-8-17-16(10-15)12-26(21(17)28)11-14-4-2-5-14/h3,6-10,12,14,28H,2,4-5,11H2,1H3. The van der Waals surface area contributed by atoms with Crippen LogP contribution in [0.25, 0.3) is 27.7 Å². The van der Waals surface area contributed by atoms with Crippen LogP contribution in [0, 0.1) is 18.8 Å². The van der Waals surface area contributed by atoms with Gasteiger partial charge in [0, 0.05) is 35.3 Å². The predicted molar refractivity (Wildman–Crippen MR) is 104 cm³/mol. The third kappa shape index (κ3) is 2.66. The van der Waals surface area contributed by atoms with Crippen LogP contribution in [-0.2, 0) is 6.54 Å². The van der Waals surface area contributed by atoms with E-state index >= 15 is 0 Å². The zero-order valence-corrected chi connectivity index (χ0v) is 15.5. The van der Waals surface area contributed by atoms with Crippen molar-refractivity contribution in [2.45, 2.75) is 32.7 Å². The minimum absolute atomic E-state index is 0.268. The number of rotatable bonds is 4. The first-order valence-corrected chi connectivity index (χ1v) is 9.47. The first-order valence-electron chi connectivity index (χ1n) is 9.47. The van der Waals surface area contributed by atoms with Gasteiger partial charge in [-0.25, -0.2) is 9.67 Å². The second-order valence-electron chi connectivity index (χ2n) is 7.45. The van der Waals surface area contributed by atoms with Crippen LogP contribution in [0.3, 0.4) is 0 Å². The Hall–Kier alpha value is -3.22. The molecule has 1 saturated carbocycles. The first-order chi connectivity index (χ1) is 13.6. The molecular formula is C21H20FN5O. The van der Waals surface area contributed by atoms with Gasteiger partial charge in [0.05, 0.1) is 5.69 Å². The monoisotopic (exact) mass is 377 g/mol. The highest BCUT2D eigenvalue weighted by atomic mass is 19.1. The highest BCUT2D eigenvalue weighted by Crippen LogP contribution is 2.35. The summed E-state index contributed by atoms with van der Waals surface area (Å²) in [6.07, 6.45) is 7.13. The molecule has 1 aromatic carbocycles. The minimum Gasteiger partial charge on any atom is -0.494 e. The van der Waals surface area contributed by atoms with Crippen molar-refractivity contribution in [1.82, 2.24) is 24.5 Å². The minimum atomic E-state index is -0.588. The van der Waals surface area contributed by atoms with Gasteiger partial charge >= 0.3 is 0 Å². The van der Waals surface area contributed by atoms with Crippen molar-refractivity contribution in [3.63, 3.8) is 0 Å². The molecule has 0 aliphatic heterocycles. The van der Waals surface area contributed by atoms with Crippen LogP contribution in [-0.4, -0.2) is 29.7 Å². The molecule has 28 heavy (non-hydrogen) atoms. The number of pyridine rings is 1. The van der Waals surface area contributed by atoms with Gasteiger partial charge in [0.1, 0.15) is 11.4 Å². The third-order valence-corrected chi connectivity index (χ3v) is 5.67. The second-order valence-corrected chi connectivity index (χ2v) is 7.45. The van der Waals surface area contributed by atoms with Crippen LogP contribution in [0.4, 0.5) is 4.39 Å². The fourth-order valence-electron chi connectivity index (χ4n) is 3.86. The summed E-state index contributed by atoms with van der Waals surface area (Å²) in [5.74, 6) is 0.380. The summed E-state index contributed by atoms with van der Waals surface area (Å²) >= 11 is 0.